The highest BCUT2D eigenvalue weighted by Gasteiger charge is 2.11. The van der Waals surface area contributed by atoms with E-state index in [1.54, 1.807) is 4.68 Å². The highest BCUT2D eigenvalue weighted by molar-refractivity contribution is 9.10. The molecule has 0 aliphatic heterocycles. The first-order valence-electron chi connectivity index (χ1n) is 8.70. The number of nitrogens with zero attached hydrogens (tertiary/aromatic N) is 4. The van der Waals surface area contributed by atoms with E-state index in [2.05, 4.69) is 50.3 Å². The fourth-order valence-electron chi connectivity index (χ4n) is 2.48. The molecule has 3 rings (SSSR count). The van der Waals surface area contributed by atoms with Crippen molar-refractivity contribution in [3.63, 3.8) is 0 Å². The van der Waals surface area contributed by atoms with Crippen LogP contribution in [0.1, 0.15) is 30.3 Å². The Bertz CT molecular complexity index is 912. The zero-order valence-corrected chi connectivity index (χ0v) is 17.7. The Labute approximate surface area is 172 Å². The minimum absolute atomic E-state index is 0.680. The van der Waals surface area contributed by atoms with Gasteiger partial charge in [-0.15, -0.1) is 10.2 Å². The Balaban J connectivity index is 1.82. The van der Waals surface area contributed by atoms with E-state index >= 15 is 0 Å². The Morgan fingerprint density at radius 2 is 2.00 bits per heavy atom. The number of ether oxygens (including phenoxy) is 1. The summed E-state index contributed by atoms with van der Waals surface area (Å²) in [5, 5.41) is 13.9. The van der Waals surface area contributed by atoms with Crippen LogP contribution in [-0.4, -0.2) is 34.0 Å². The van der Waals surface area contributed by atoms with E-state index in [0.29, 0.717) is 13.0 Å². The Morgan fingerprint density at radius 1 is 1.19 bits per heavy atom. The molecule has 0 saturated carbocycles. The van der Waals surface area contributed by atoms with Crippen LogP contribution in [0.25, 0.3) is 0 Å². The van der Waals surface area contributed by atoms with Gasteiger partial charge < -0.3 is 4.74 Å². The first kappa shape index (κ1) is 19.6. The molecule has 0 atom stereocenters. The number of halogens is 1. The van der Waals surface area contributed by atoms with Crippen LogP contribution < -0.4 is 4.74 Å². The molecule has 7 heteroatoms. The van der Waals surface area contributed by atoms with Gasteiger partial charge in [-0.3, -0.25) is 0 Å². The number of hydrogen-bond donors (Lipinski definition) is 0. The lowest BCUT2D eigenvalue weighted by molar-refractivity contribution is 0.315. The van der Waals surface area contributed by atoms with Crippen molar-refractivity contribution in [1.82, 2.24) is 14.9 Å². The summed E-state index contributed by atoms with van der Waals surface area (Å²) in [6, 6.07) is 16.1. The highest BCUT2D eigenvalue weighted by Crippen LogP contribution is 2.26. The van der Waals surface area contributed by atoms with Gasteiger partial charge in [-0.05, 0) is 57.9 Å². The predicted octanol–water partition coefficient (Wildman–Crippen LogP) is 5.02. The van der Waals surface area contributed by atoms with Crippen LogP contribution in [0.2, 0.25) is 0 Å². The first-order chi connectivity index (χ1) is 13.2. The van der Waals surface area contributed by atoms with Gasteiger partial charge in [0.05, 0.1) is 17.3 Å². The van der Waals surface area contributed by atoms with Crippen LogP contribution >= 0.6 is 27.7 Å². The van der Waals surface area contributed by atoms with E-state index in [0.717, 1.165) is 33.2 Å². The average Bonchev–Trinajstić information content (AvgIpc) is 3.08. The normalized spacial score (nSPS) is 11.2. The molecule has 0 spiro atoms. The SMILES string of the molecule is CCCOc1ccc(/C=N\n2c(Cc3ccccc3)nnc2SC)cc1Br. The van der Waals surface area contributed by atoms with Gasteiger partial charge in [-0.25, -0.2) is 0 Å². The van der Waals surface area contributed by atoms with Gasteiger partial charge in [0.1, 0.15) is 5.75 Å². The fraction of sp³-hybridized carbons (Fsp3) is 0.250. The second kappa shape index (κ2) is 9.71. The van der Waals surface area contributed by atoms with Crippen molar-refractivity contribution >= 4 is 33.9 Å². The number of aromatic nitrogens is 3. The third-order valence-corrected chi connectivity index (χ3v) is 5.04. The molecule has 1 heterocycles. The second-order valence-electron chi connectivity index (χ2n) is 5.86. The van der Waals surface area contributed by atoms with E-state index in [9.17, 15) is 0 Å². The Morgan fingerprint density at radius 3 is 2.70 bits per heavy atom. The van der Waals surface area contributed by atoms with E-state index in [1.807, 2.05) is 48.9 Å². The van der Waals surface area contributed by atoms with Gasteiger partial charge in [-0.2, -0.15) is 9.78 Å². The molecule has 0 bridgehead atoms. The predicted molar refractivity (Wildman–Crippen MR) is 114 cm³/mol. The molecule has 0 aliphatic carbocycles. The lowest BCUT2D eigenvalue weighted by Crippen LogP contribution is -2.01. The quantitative estimate of drug-likeness (QED) is 0.361. The van der Waals surface area contributed by atoms with Crippen molar-refractivity contribution in [3.05, 3.63) is 70.0 Å². The number of benzene rings is 2. The molecule has 0 fully saturated rings. The Hall–Kier alpha value is -2.12. The molecule has 27 heavy (non-hydrogen) atoms. The molecule has 0 radical (unpaired) electrons. The van der Waals surface area contributed by atoms with Gasteiger partial charge in [0.25, 0.3) is 0 Å². The van der Waals surface area contributed by atoms with E-state index in [-0.39, 0.29) is 0 Å². The van der Waals surface area contributed by atoms with Crippen LogP contribution in [-0.2, 0) is 6.42 Å². The summed E-state index contributed by atoms with van der Waals surface area (Å²) in [6.07, 6.45) is 5.44. The molecule has 0 N–H and O–H groups in total. The molecule has 1 aromatic heterocycles. The zero-order valence-electron chi connectivity index (χ0n) is 15.3. The molecule has 3 aromatic rings. The molecule has 5 nitrogen and oxygen atoms in total. The summed E-state index contributed by atoms with van der Waals surface area (Å²) in [4.78, 5) is 0. The maximum atomic E-state index is 5.69. The summed E-state index contributed by atoms with van der Waals surface area (Å²) < 4.78 is 8.41. The van der Waals surface area contributed by atoms with E-state index in [1.165, 1.54) is 17.3 Å². The van der Waals surface area contributed by atoms with Crippen molar-refractivity contribution in [3.8, 4) is 5.75 Å². The molecular formula is C20H21BrN4OS. The van der Waals surface area contributed by atoms with Crippen molar-refractivity contribution in [2.24, 2.45) is 5.10 Å². The Kier molecular flexibility index (Phi) is 7.06. The van der Waals surface area contributed by atoms with Crippen molar-refractivity contribution < 1.29 is 4.74 Å². The van der Waals surface area contributed by atoms with E-state index < -0.39 is 0 Å². The average molecular weight is 445 g/mol. The number of hydrogen-bond acceptors (Lipinski definition) is 5. The van der Waals surface area contributed by atoms with Crippen LogP contribution in [0, 0.1) is 0 Å². The molecular weight excluding hydrogens is 424 g/mol. The van der Waals surface area contributed by atoms with Gasteiger partial charge in [0, 0.05) is 6.42 Å². The van der Waals surface area contributed by atoms with Gasteiger partial charge in [-0.1, -0.05) is 49.0 Å². The molecule has 2 aromatic carbocycles. The van der Waals surface area contributed by atoms with Crippen LogP contribution in [0.3, 0.4) is 0 Å². The minimum atomic E-state index is 0.680. The first-order valence-corrected chi connectivity index (χ1v) is 10.7. The van der Waals surface area contributed by atoms with Gasteiger partial charge in [0.2, 0.25) is 5.16 Å². The summed E-state index contributed by atoms with van der Waals surface area (Å²) in [5.74, 6) is 1.65. The lowest BCUT2D eigenvalue weighted by atomic mass is 10.1. The second-order valence-corrected chi connectivity index (χ2v) is 7.49. The van der Waals surface area contributed by atoms with Crippen molar-refractivity contribution in [2.75, 3.05) is 12.9 Å². The van der Waals surface area contributed by atoms with E-state index in [4.69, 9.17) is 4.74 Å². The molecule has 0 unspecified atom stereocenters. The number of rotatable bonds is 8. The molecule has 0 aliphatic rings. The zero-order chi connectivity index (χ0) is 19.1. The summed E-state index contributed by atoms with van der Waals surface area (Å²) >= 11 is 5.08. The third-order valence-electron chi connectivity index (χ3n) is 3.80. The highest BCUT2D eigenvalue weighted by atomic mass is 79.9. The van der Waals surface area contributed by atoms with Crippen LogP contribution in [0.5, 0.6) is 5.75 Å². The van der Waals surface area contributed by atoms with Gasteiger partial charge >= 0.3 is 0 Å². The largest absolute Gasteiger partial charge is 0.492 e. The maximum Gasteiger partial charge on any atom is 0.211 e. The molecule has 0 saturated heterocycles. The number of thioether (sulfide) groups is 1. The smallest absolute Gasteiger partial charge is 0.211 e. The minimum Gasteiger partial charge on any atom is -0.492 e. The lowest BCUT2D eigenvalue weighted by Gasteiger charge is -2.07. The summed E-state index contributed by atoms with van der Waals surface area (Å²) in [5.41, 5.74) is 2.14. The maximum absolute atomic E-state index is 5.69. The van der Waals surface area contributed by atoms with Gasteiger partial charge in [0.15, 0.2) is 5.82 Å². The third kappa shape index (κ3) is 5.20. The van der Waals surface area contributed by atoms with Crippen LogP contribution in [0.4, 0.5) is 0 Å². The fourth-order valence-corrected chi connectivity index (χ4v) is 3.44. The molecule has 140 valence electrons. The van der Waals surface area contributed by atoms with Crippen molar-refractivity contribution in [2.45, 2.75) is 24.9 Å². The van der Waals surface area contributed by atoms with Crippen molar-refractivity contribution in [1.29, 1.82) is 0 Å². The van der Waals surface area contributed by atoms with Crippen LogP contribution in [0.15, 0.2) is 63.3 Å². The monoisotopic (exact) mass is 444 g/mol. The summed E-state index contributed by atoms with van der Waals surface area (Å²) in [7, 11) is 0. The standard InChI is InChI=1S/C20H21BrN4OS/c1-3-11-26-18-10-9-16(12-17(18)21)14-22-25-19(23-24-20(25)27-2)13-15-7-5-4-6-8-15/h4-10,12,14H,3,11,13H2,1-2H3/b22-14-. The topological polar surface area (TPSA) is 52.3 Å². The molecule has 0 amide bonds. The summed E-state index contributed by atoms with van der Waals surface area (Å²) in [6.45, 7) is 2.79.